The monoisotopic (exact) mass is 487 g/mol. The Morgan fingerprint density at radius 3 is 2.09 bits per heavy atom. The van der Waals surface area contributed by atoms with Crippen LogP contribution in [0.5, 0.6) is 5.75 Å². The van der Waals surface area contributed by atoms with Crippen LogP contribution in [0.15, 0.2) is 53.4 Å². The number of ether oxygens (including phenoxy) is 2. The smallest absolute Gasteiger partial charge is 0.389 e. The Balaban J connectivity index is 1.72. The van der Waals surface area contributed by atoms with Crippen molar-refractivity contribution in [3.8, 4) is 16.9 Å². The molecule has 0 bridgehead atoms. The normalized spacial score (nSPS) is 16.2. The molecule has 2 aromatic rings. The highest BCUT2D eigenvalue weighted by Crippen LogP contribution is 2.36. The third kappa shape index (κ3) is 5.66. The molecule has 0 radical (unpaired) electrons. The molecule has 0 spiro atoms. The Hall–Kier alpha value is -2.63. The molecule has 0 atom stereocenters. The van der Waals surface area contributed by atoms with Gasteiger partial charge in [-0.15, -0.1) is 0 Å². The first-order chi connectivity index (χ1) is 15.6. The van der Waals surface area contributed by atoms with Gasteiger partial charge in [0.25, 0.3) is 5.91 Å². The summed E-state index contributed by atoms with van der Waals surface area (Å²) in [5.74, 6) is -0.558. The van der Waals surface area contributed by atoms with Crippen LogP contribution in [0, 0.1) is 0 Å². The summed E-state index contributed by atoms with van der Waals surface area (Å²) >= 11 is 0. The highest BCUT2D eigenvalue weighted by molar-refractivity contribution is 7.93. The van der Waals surface area contributed by atoms with Crippen molar-refractivity contribution in [1.82, 2.24) is 5.48 Å². The summed E-state index contributed by atoms with van der Waals surface area (Å²) in [5, 5.41) is 9.12. The molecule has 0 aromatic heterocycles. The van der Waals surface area contributed by atoms with Gasteiger partial charge in [0.1, 0.15) is 5.75 Å². The van der Waals surface area contributed by atoms with Crippen LogP contribution in [0.25, 0.3) is 11.1 Å². The van der Waals surface area contributed by atoms with E-state index >= 15 is 0 Å². The third-order valence-corrected chi connectivity index (χ3v) is 8.07. The van der Waals surface area contributed by atoms with Crippen LogP contribution in [0.3, 0.4) is 0 Å². The van der Waals surface area contributed by atoms with Gasteiger partial charge in [-0.3, -0.25) is 10.0 Å². The average molecular weight is 487 g/mol. The van der Waals surface area contributed by atoms with Crippen LogP contribution in [-0.4, -0.2) is 50.3 Å². The Morgan fingerprint density at radius 1 is 1.03 bits per heavy atom. The maximum absolute atomic E-state index is 13.3. The van der Waals surface area contributed by atoms with Gasteiger partial charge in [-0.25, -0.2) is 13.9 Å². The molecule has 0 unspecified atom stereocenters. The van der Waals surface area contributed by atoms with Crippen LogP contribution in [-0.2, 0) is 19.4 Å². The van der Waals surface area contributed by atoms with Crippen molar-refractivity contribution in [3.63, 3.8) is 0 Å². The largest absolute Gasteiger partial charge is 0.494 e. The fraction of sp³-hybridized carbons (Fsp3) is 0.409. The first kappa shape index (κ1) is 25.0. The summed E-state index contributed by atoms with van der Waals surface area (Å²) in [7, 11) is -4.12. The van der Waals surface area contributed by atoms with E-state index < -0.39 is 33.1 Å². The molecule has 3 rings (SSSR count). The molecule has 1 aliphatic rings. The molecule has 1 fully saturated rings. The minimum Gasteiger partial charge on any atom is -0.494 e. The molecular weight excluding hydrogens is 463 g/mol. The van der Waals surface area contributed by atoms with Crippen LogP contribution in [0.1, 0.15) is 25.7 Å². The van der Waals surface area contributed by atoms with E-state index in [4.69, 9.17) is 14.7 Å². The van der Waals surface area contributed by atoms with Crippen LogP contribution in [0.4, 0.5) is 13.2 Å². The Kier molecular flexibility index (Phi) is 7.65. The molecule has 180 valence electrons. The summed E-state index contributed by atoms with van der Waals surface area (Å²) in [6.07, 6.45) is -5.40. The number of alkyl halides is 3. The maximum atomic E-state index is 13.3. The topological polar surface area (TPSA) is 102 Å². The van der Waals surface area contributed by atoms with Crippen LogP contribution in [0.2, 0.25) is 0 Å². The van der Waals surface area contributed by atoms with E-state index in [0.717, 1.165) is 5.56 Å². The number of rotatable bonds is 8. The summed E-state index contributed by atoms with van der Waals surface area (Å²) in [5.41, 5.74) is 2.92. The number of hydrogen-bond acceptors (Lipinski definition) is 6. The van der Waals surface area contributed by atoms with Crippen LogP contribution < -0.4 is 10.2 Å². The van der Waals surface area contributed by atoms with E-state index in [1.165, 1.54) is 17.6 Å². The minimum absolute atomic E-state index is 0.0543. The van der Waals surface area contributed by atoms with E-state index in [9.17, 15) is 26.4 Å². The van der Waals surface area contributed by atoms with Gasteiger partial charge in [-0.2, -0.15) is 13.2 Å². The second kappa shape index (κ2) is 10.1. The quantitative estimate of drug-likeness (QED) is 0.333. The number of benzene rings is 2. The number of hydrogen-bond donors (Lipinski definition) is 2. The molecule has 0 saturated carbocycles. The molecular formula is C22H24F3NO6S. The van der Waals surface area contributed by atoms with Gasteiger partial charge in [0.2, 0.25) is 0 Å². The number of carbonyl (C=O) groups is 1. The molecule has 2 aromatic carbocycles. The fourth-order valence-electron chi connectivity index (χ4n) is 3.68. The molecule has 1 amide bonds. The van der Waals surface area contributed by atoms with Crippen molar-refractivity contribution in [2.24, 2.45) is 0 Å². The molecule has 0 aliphatic carbocycles. The number of amides is 1. The molecule has 33 heavy (non-hydrogen) atoms. The number of halogens is 3. The van der Waals surface area contributed by atoms with Crippen molar-refractivity contribution in [2.45, 2.75) is 41.5 Å². The van der Waals surface area contributed by atoms with Crippen molar-refractivity contribution >= 4 is 15.7 Å². The predicted octanol–water partition coefficient (Wildman–Crippen LogP) is 3.90. The Morgan fingerprint density at radius 2 is 1.58 bits per heavy atom. The molecule has 11 heteroatoms. The van der Waals surface area contributed by atoms with Gasteiger partial charge in [0, 0.05) is 19.6 Å². The number of sulfone groups is 1. The third-order valence-electron chi connectivity index (χ3n) is 5.56. The van der Waals surface area contributed by atoms with E-state index in [0.29, 0.717) is 11.3 Å². The molecule has 1 heterocycles. The van der Waals surface area contributed by atoms with Crippen molar-refractivity contribution in [3.05, 3.63) is 48.5 Å². The second-order valence-corrected chi connectivity index (χ2v) is 9.93. The maximum Gasteiger partial charge on any atom is 0.389 e. The Labute approximate surface area is 189 Å². The van der Waals surface area contributed by atoms with Gasteiger partial charge in [0.15, 0.2) is 14.6 Å². The number of nitrogens with one attached hydrogen (secondary N) is 1. The van der Waals surface area contributed by atoms with Gasteiger partial charge in [0.05, 0.1) is 11.5 Å². The fourth-order valence-corrected chi connectivity index (χ4v) is 5.62. The summed E-state index contributed by atoms with van der Waals surface area (Å²) < 4.78 is 71.8. The van der Waals surface area contributed by atoms with Crippen molar-refractivity contribution < 1.29 is 41.1 Å². The minimum atomic E-state index is -4.21. The lowest BCUT2D eigenvalue weighted by molar-refractivity contribution is -0.136. The SMILES string of the molecule is O=C(NO)C1(S(=O)(=O)c2ccc(-c3ccc(OCCCC(F)(F)F)cc3)cc2)CCOCC1. The zero-order chi connectivity index (χ0) is 24.1. The lowest BCUT2D eigenvalue weighted by Crippen LogP contribution is -2.54. The summed E-state index contributed by atoms with van der Waals surface area (Å²) in [6.45, 7) is 0.102. The van der Waals surface area contributed by atoms with E-state index in [1.54, 1.807) is 36.4 Å². The lowest BCUT2D eigenvalue weighted by atomic mass is 9.98. The standard InChI is InChI=1S/C22H24F3NO6S/c23-22(24,25)10-1-13-32-18-6-2-16(3-7-18)17-4-8-19(9-5-17)33(29,30)21(20(27)26-28)11-14-31-15-12-21/h2-9,28H,1,10-15H2,(H,26,27). The summed E-state index contributed by atoms with van der Waals surface area (Å²) in [4.78, 5) is 12.3. The first-order valence-corrected chi connectivity index (χ1v) is 11.7. The van der Waals surface area contributed by atoms with Crippen molar-refractivity contribution in [1.29, 1.82) is 0 Å². The highest BCUT2D eigenvalue weighted by atomic mass is 32.2. The Bertz CT molecular complexity index is 1050. The zero-order valence-corrected chi connectivity index (χ0v) is 18.4. The molecule has 7 nitrogen and oxygen atoms in total. The number of hydroxylamine groups is 1. The second-order valence-electron chi connectivity index (χ2n) is 7.67. The van der Waals surface area contributed by atoms with E-state index in [-0.39, 0.29) is 44.0 Å². The first-order valence-electron chi connectivity index (χ1n) is 10.3. The highest BCUT2D eigenvalue weighted by Gasteiger charge is 2.52. The van der Waals surface area contributed by atoms with Gasteiger partial charge in [-0.05, 0) is 54.7 Å². The zero-order valence-electron chi connectivity index (χ0n) is 17.6. The summed E-state index contributed by atoms with van der Waals surface area (Å²) in [6, 6.07) is 12.6. The van der Waals surface area contributed by atoms with Crippen LogP contribution >= 0.6 is 0 Å². The van der Waals surface area contributed by atoms with E-state index in [2.05, 4.69) is 0 Å². The lowest BCUT2D eigenvalue weighted by Gasteiger charge is -2.34. The molecule has 1 saturated heterocycles. The average Bonchev–Trinajstić information content (AvgIpc) is 2.81. The van der Waals surface area contributed by atoms with Crippen molar-refractivity contribution in [2.75, 3.05) is 19.8 Å². The predicted molar refractivity (Wildman–Crippen MR) is 113 cm³/mol. The number of carbonyl (C=O) groups excluding carboxylic acids is 1. The van der Waals surface area contributed by atoms with E-state index in [1.807, 2.05) is 0 Å². The van der Waals surface area contributed by atoms with Gasteiger partial charge in [-0.1, -0.05) is 24.3 Å². The van der Waals surface area contributed by atoms with Gasteiger partial charge < -0.3 is 9.47 Å². The molecule has 1 aliphatic heterocycles. The van der Waals surface area contributed by atoms with Gasteiger partial charge >= 0.3 is 6.18 Å². The molecule has 2 N–H and O–H groups in total.